The van der Waals surface area contributed by atoms with Crippen molar-refractivity contribution in [1.29, 1.82) is 0 Å². The molecular formula is C18H27FN2O3S2. The highest BCUT2D eigenvalue weighted by Crippen LogP contribution is 2.27. The van der Waals surface area contributed by atoms with Gasteiger partial charge in [0.1, 0.15) is 0 Å². The third-order valence-electron chi connectivity index (χ3n) is 5.15. The summed E-state index contributed by atoms with van der Waals surface area (Å²) < 4.78 is 46.6. The molecule has 8 heteroatoms. The average molecular weight is 403 g/mol. The van der Waals surface area contributed by atoms with E-state index < -0.39 is 15.8 Å². The summed E-state index contributed by atoms with van der Waals surface area (Å²) in [7, 11) is -3.71. The lowest BCUT2D eigenvalue weighted by Gasteiger charge is -2.35. The zero-order valence-corrected chi connectivity index (χ0v) is 16.8. The molecule has 146 valence electrons. The fourth-order valence-corrected chi connectivity index (χ4v) is 5.95. The van der Waals surface area contributed by atoms with Crippen LogP contribution in [0, 0.1) is 11.7 Å². The van der Waals surface area contributed by atoms with Gasteiger partial charge in [0, 0.05) is 18.3 Å². The number of nitrogens with zero attached hydrogens (tertiary/aromatic N) is 1. The summed E-state index contributed by atoms with van der Waals surface area (Å²) in [6, 6.07) is 4.47. The van der Waals surface area contributed by atoms with Crippen LogP contribution in [0.4, 0.5) is 4.39 Å². The van der Waals surface area contributed by atoms with Gasteiger partial charge in [-0.05, 0) is 69.1 Å². The van der Waals surface area contributed by atoms with Crippen molar-refractivity contribution in [2.45, 2.75) is 37.1 Å². The predicted molar refractivity (Wildman–Crippen MR) is 103 cm³/mol. The Balaban J connectivity index is 1.51. The normalized spacial score (nSPS) is 22.6. The van der Waals surface area contributed by atoms with Gasteiger partial charge in [-0.15, -0.1) is 0 Å². The molecule has 3 rings (SSSR count). The molecule has 26 heavy (non-hydrogen) atoms. The number of piperidine rings is 1. The lowest BCUT2D eigenvalue weighted by atomic mass is 9.96. The molecule has 0 radical (unpaired) electrons. The van der Waals surface area contributed by atoms with E-state index in [1.54, 1.807) is 6.92 Å². The Kier molecular flexibility index (Phi) is 6.82. The van der Waals surface area contributed by atoms with Crippen molar-refractivity contribution in [3.8, 4) is 5.75 Å². The molecule has 1 aromatic rings. The molecule has 2 aliphatic rings. The van der Waals surface area contributed by atoms with Crippen LogP contribution in [0.3, 0.4) is 0 Å². The number of nitrogens with one attached hydrogen (secondary N) is 1. The van der Waals surface area contributed by atoms with Gasteiger partial charge in [0.05, 0.1) is 11.5 Å². The van der Waals surface area contributed by atoms with Crippen molar-refractivity contribution in [2.24, 2.45) is 5.92 Å². The van der Waals surface area contributed by atoms with Gasteiger partial charge in [0.2, 0.25) is 10.0 Å². The standard InChI is InChI=1S/C18H27FN2O3S2/c1-2-24-18-4-3-16(11-17(18)19)26(22,23)20-12-14-5-8-21(9-6-14)15-7-10-25-13-15/h3-4,11,14-15,20H,2,5-10,12-13H2,1H3. The van der Waals surface area contributed by atoms with Crippen molar-refractivity contribution >= 4 is 21.8 Å². The molecular weight excluding hydrogens is 375 g/mol. The third kappa shape index (κ3) is 4.91. The first-order chi connectivity index (χ1) is 12.5. The number of thioether (sulfide) groups is 1. The minimum Gasteiger partial charge on any atom is -0.491 e. The van der Waals surface area contributed by atoms with E-state index in [2.05, 4.69) is 9.62 Å². The zero-order valence-electron chi connectivity index (χ0n) is 15.1. The minimum atomic E-state index is -3.71. The number of hydrogen-bond acceptors (Lipinski definition) is 5. The van der Waals surface area contributed by atoms with Crippen LogP contribution in [-0.4, -0.2) is 57.1 Å². The van der Waals surface area contributed by atoms with Gasteiger partial charge in [-0.2, -0.15) is 11.8 Å². The maximum absolute atomic E-state index is 13.9. The number of benzene rings is 1. The van der Waals surface area contributed by atoms with Crippen LogP contribution in [0.15, 0.2) is 23.1 Å². The minimum absolute atomic E-state index is 0.0566. The molecule has 0 spiro atoms. The van der Waals surface area contributed by atoms with E-state index in [-0.39, 0.29) is 10.6 Å². The fourth-order valence-electron chi connectivity index (χ4n) is 3.56. The van der Waals surface area contributed by atoms with Gasteiger partial charge in [-0.25, -0.2) is 17.5 Å². The van der Waals surface area contributed by atoms with Crippen LogP contribution in [0.25, 0.3) is 0 Å². The van der Waals surface area contributed by atoms with E-state index in [4.69, 9.17) is 4.74 Å². The number of ether oxygens (including phenoxy) is 1. The van der Waals surface area contributed by atoms with E-state index in [1.807, 2.05) is 11.8 Å². The van der Waals surface area contributed by atoms with Gasteiger partial charge in [0.25, 0.3) is 0 Å². The van der Waals surface area contributed by atoms with Crippen molar-refractivity contribution in [1.82, 2.24) is 9.62 Å². The quantitative estimate of drug-likeness (QED) is 0.760. The summed E-state index contributed by atoms with van der Waals surface area (Å²) >= 11 is 2.02. The van der Waals surface area contributed by atoms with Crippen LogP contribution in [-0.2, 0) is 10.0 Å². The summed E-state index contributed by atoms with van der Waals surface area (Å²) in [4.78, 5) is 2.49. The maximum Gasteiger partial charge on any atom is 0.240 e. The van der Waals surface area contributed by atoms with Gasteiger partial charge in [0.15, 0.2) is 11.6 Å². The number of halogens is 1. The van der Waals surface area contributed by atoms with E-state index in [0.717, 1.165) is 32.0 Å². The Hall–Kier alpha value is -0.830. The first kappa shape index (κ1) is 19.9. The van der Waals surface area contributed by atoms with Gasteiger partial charge >= 0.3 is 0 Å². The molecule has 1 atom stereocenters. The van der Waals surface area contributed by atoms with Gasteiger partial charge in [-0.1, -0.05) is 0 Å². The fraction of sp³-hybridized carbons (Fsp3) is 0.667. The van der Waals surface area contributed by atoms with Crippen molar-refractivity contribution in [3.05, 3.63) is 24.0 Å². The zero-order chi connectivity index (χ0) is 18.6. The second-order valence-corrected chi connectivity index (χ2v) is 9.79. The summed E-state index contributed by atoms with van der Waals surface area (Å²) in [6.45, 7) is 4.57. The molecule has 0 bridgehead atoms. The highest BCUT2D eigenvalue weighted by atomic mass is 32.2. The molecule has 5 nitrogen and oxygen atoms in total. The Morgan fingerprint density at radius 2 is 2.08 bits per heavy atom. The molecule has 0 aliphatic carbocycles. The first-order valence-electron chi connectivity index (χ1n) is 9.23. The lowest BCUT2D eigenvalue weighted by Crippen LogP contribution is -2.43. The van der Waals surface area contributed by atoms with E-state index >= 15 is 0 Å². The van der Waals surface area contributed by atoms with Crippen molar-refractivity contribution in [2.75, 3.05) is 37.7 Å². The molecule has 2 aliphatic heterocycles. The second kappa shape index (κ2) is 8.91. The molecule has 0 amide bonds. The van der Waals surface area contributed by atoms with Crippen molar-refractivity contribution < 1.29 is 17.5 Å². The number of likely N-dealkylation sites (tertiary alicyclic amines) is 1. The molecule has 1 aromatic carbocycles. The van der Waals surface area contributed by atoms with Gasteiger partial charge < -0.3 is 4.74 Å². The summed E-state index contributed by atoms with van der Waals surface area (Å²) in [5.74, 6) is 2.23. The van der Waals surface area contributed by atoms with Crippen LogP contribution < -0.4 is 9.46 Å². The monoisotopic (exact) mass is 402 g/mol. The van der Waals surface area contributed by atoms with E-state index in [9.17, 15) is 12.8 Å². The Morgan fingerprint density at radius 3 is 2.69 bits per heavy atom. The highest BCUT2D eigenvalue weighted by molar-refractivity contribution is 7.99. The number of sulfonamides is 1. The maximum atomic E-state index is 13.9. The van der Waals surface area contributed by atoms with Gasteiger partial charge in [-0.3, -0.25) is 4.90 Å². The molecule has 2 fully saturated rings. The predicted octanol–water partition coefficient (Wildman–Crippen LogP) is 2.72. The summed E-state index contributed by atoms with van der Waals surface area (Å²) in [5, 5.41) is 0. The SMILES string of the molecule is CCOc1ccc(S(=O)(=O)NCC2CCN(C3CCSC3)CC2)cc1F. The number of rotatable bonds is 7. The van der Waals surface area contributed by atoms with Crippen LogP contribution in [0.2, 0.25) is 0 Å². The number of hydrogen-bond donors (Lipinski definition) is 1. The molecule has 1 N–H and O–H groups in total. The first-order valence-corrected chi connectivity index (χ1v) is 11.9. The smallest absolute Gasteiger partial charge is 0.240 e. The van der Waals surface area contributed by atoms with Crippen LogP contribution in [0.5, 0.6) is 5.75 Å². The topological polar surface area (TPSA) is 58.6 Å². The van der Waals surface area contributed by atoms with E-state index in [1.165, 1.54) is 30.1 Å². The molecule has 0 saturated carbocycles. The highest BCUT2D eigenvalue weighted by Gasteiger charge is 2.28. The third-order valence-corrected chi connectivity index (χ3v) is 7.71. The second-order valence-electron chi connectivity index (χ2n) is 6.87. The molecule has 1 unspecified atom stereocenters. The summed E-state index contributed by atoms with van der Waals surface area (Å²) in [5.41, 5.74) is 0. The Bertz CT molecular complexity index is 700. The molecule has 2 heterocycles. The Labute approximate surface area is 159 Å². The van der Waals surface area contributed by atoms with Crippen LogP contribution >= 0.6 is 11.8 Å². The largest absolute Gasteiger partial charge is 0.491 e. The Morgan fingerprint density at radius 1 is 1.31 bits per heavy atom. The summed E-state index contributed by atoms with van der Waals surface area (Å²) in [6.07, 6.45) is 3.27. The molecule has 0 aromatic heterocycles. The van der Waals surface area contributed by atoms with E-state index in [0.29, 0.717) is 25.1 Å². The average Bonchev–Trinajstić information content (AvgIpc) is 3.17. The molecule has 2 saturated heterocycles. The van der Waals surface area contributed by atoms with Crippen molar-refractivity contribution in [3.63, 3.8) is 0 Å². The lowest BCUT2D eigenvalue weighted by molar-refractivity contribution is 0.145. The van der Waals surface area contributed by atoms with Crippen LogP contribution in [0.1, 0.15) is 26.2 Å².